The van der Waals surface area contributed by atoms with E-state index in [1.807, 2.05) is 50.2 Å². The van der Waals surface area contributed by atoms with Crippen LogP contribution in [-0.2, 0) is 19.9 Å². The molecule has 0 saturated carbocycles. The summed E-state index contributed by atoms with van der Waals surface area (Å²) in [5, 5.41) is 0.0677. The van der Waals surface area contributed by atoms with Crippen molar-refractivity contribution in [1.29, 1.82) is 0 Å². The van der Waals surface area contributed by atoms with Crippen LogP contribution in [-0.4, -0.2) is 42.4 Å². The highest BCUT2D eigenvalue weighted by molar-refractivity contribution is 8.00. The van der Waals surface area contributed by atoms with Gasteiger partial charge in [0.25, 0.3) is 0 Å². The molecule has 4 nitrogen and oxygen atoms in total. The average molecular weight is 532 g/mol. The summed E-state index contributed by atoms with van der Waals surface area (Å²) in [6, 6.07) is 28.8. The Balaban J connectivity index is 1.67. The Hall–Kier alpha value is -2.51. The van der Waals surface area contributed by atoms with Gasteiger partial charge in [0, 0.05) is 19.3 Å². The third-order valence-corrected chi connectivity index (χ3v) is 9.00. The van der Waals surface area contributed by atoms with Crippen molar-refractivity contribution >= 4 is 24.5 Å². The number of rotatable bonds is 8. The van der Waals surface area contributed by atoms with Crippen molar-refractivity contribution in [2.24, 2.45) is 0 Å². The highest BCUT2D eigenvalue weighted by atomic mass is 32.2. The molecule has 4 rings (SSSR count). The zero-order valence-corrected chi connectivity index (χ0v) is 24.5. The van der Waals surface area contributed by atoms with E-state index in [4.69, 9.17) is 4.43 Å². The van der Waals surface area contributed by atoms with Crippen molar-refractivity contribution < 1.29 is 12.8 Å². The summed E-state index contributed by atoms with van der Waals surface area (Å²) in [5.41, 5.74) is 4.55. The molecule has 2 radical (unpaired) electrons. The maximum atomic E-state index is 13.1. The number of hydrogen-bond acceptors (Lipinski definition) is 4. The molecule has 1 fully saturated rings. The summed E-state index contributed by atoms with van der Waals surface area (Å²) < 4.78 is 32.5. The maximum absolute atomic E-state index is 13.1. The minimum atomic E-state index is -3.44. The standard InChI is InChI=1S/C31H37NO3SSi/c1-30(2,3)37-35-31(4,5)27-19-13-18-25(20-27)29(36(6,33)34)26-21-32(22-26)28(23-14-9-7-10-15-23)24-16-11-8-12-17-24/h7-20,28H,21-22H2,1-6H3. The maximum Gasteiger partial charge on any atom is 0.236 e. The summed E-state index contributed by atoms with van der Waals surface area (Å²) >= 11 is 0. The van der Waals surface area contributed by atoms with Crippen molar-refractivity contribution in [3.8, 4) is 0 Å². The van der Waals surface area contributed by atoms with E-state index in [1.165, 1.54) is 17.4 Å². The topological polar surface area (TPSA) is 46.6 Å². The lowest BCUT2D eigenvalue weighted by Gasteiger charge is -2.42. The van der Waals surface area contributed by atoms with Gasteiger partial charge in [-0.05, 0) is 52.8 Å². The van der Waals surface area contributed by atoms with Crippen molar-refractivity contribution in [1.82, 2.24) is 4.90 Å². The van der Waals surface area contributed by atoms with E-state index in [0.29, 0.717) is 27.8 Å². The molecule has 0 bridgehead atoms. The van der Waals surface area contributed by atoms with Gasteiger partial charge in [-0.2, -0.15) is 0 Å². The van der Waals surface area contributed by atoms with E-state index < -0.39 is 15.4 Å². The summed E-state index contributed by atoms with van der Waals surface area (Å²) in [6.07, 6.45) is 1.32. The normalized spacial score (nSPS) is 15.1. The first-order valence-corrected chi connectivity index (χ1v) is 15.5. The molecule has 0 unspecified atom stereocenters. The molecule has 1 heterocycles. The molecule has 0 atom stereocenters. The molecule has 1 aliphatic heterocycles. The molecule has 0 aromatic heterocycles. The summed E-state index contributed by atoms with van der Waals surface area (Å²) in [6.45, 7) is 11.8. The van der Waals surface area contributed by atoms with Crippen LogP contribution in [0.2, 0.25) is 5.04 Å². The van der Waals surface area contributed by atoms with Crippen LogP contribution in [0.1, 0.15) is 62.9 Å². The smallest absolute Gasteiger partial charge is 0.236 e. The Morgan fingerprint density at radius 3 is 1.86 bits per heavy atom. The molecule has 3 aromatic rings. The van der Waals surface area contributed by atoms with E-state index >= 15 is 0 Å². The fraction of sp³-hybridized carbons (Fsp3) is 0.355. The summed E-state index contributed by atoms with van der Waals surface area (Å²) in [7, 11) is -3.11. The molecule has 3 aromatic carbocycles. The molecule has 0 spiro atoms. The van der Waals surface area contributed by atoms with Crippen LogP contribution in [0.4, 0.5) is 0 Å². The minimum absolute atomic E-state index is 0.0677. The fourth-order valence-electron chi connectivity index (χ4n) is 4.71. The SMILES string of the molecule is CC(C)(C)[Si]OC(C)(C)c1cccc(C(=C2CN(C(c3ccccc3)c3ccccc3)C2)S(C)(=O)=O)c1. The molecular weight excluding hydrogens is 494 g/mol. The molecular formula is C31H37NO3SSi. The molecule has 1 saturated heterocycles. The quantitative estimate of drug-likeness (QED) is 0.306. The Labute approximate surface area is 225 Å². The molecule has 0 N–H and O–H groups in total. The largest absolute Gasteiger partial charge is 0.408 e. The lowest BCUT2D eigenvalue weighted by atomic mass is 9.91. The van der Waals surface area contributed by atoms with E-state index in [2.05, 4.69) is 74.2 Å². The van der Waals surface area contributed by atoms with Crippen LogP contribution >= 0.6 is 0 Å². The van der Waals surface area contributed by atoms with Gasteiger partial charge in [-0.1, -0.05) is 99.6 Å². The third-order valence-electron chi connectivity index (χ3n) is 6.51. The summed E-state index contributed by atoms with van der Waals surface area (Å²) in [4.78, 5) is 2.78. The van der Waals surface area contributed by atoms with E-state index in [-0.39, 0.29) is 11.1 Å². The lowest BCUT2D eigenvalue weighted by molar-refractivity contribution is 0.109. The second-order valence-corrected chi connectivity index (χ2v) is 15.2. The monoisotopic (exact) mass is 531 g/mol. The van der Waals surface area contributed by atoms with Gasteiger partial charge in [-0.3, -0.25) is 4.90 Å². The minimum Gasteiger partial charge on any atom is -0.408 e. The Bertz CT molecular complexity index is 1310. The van der Waals surface area contributed by atoms with Crippen molar-refractivity contribution in [3.05, 3.63) is 113 Å². The second-order valence-electron chi connectivity index (χ2n) is 11.4. The van der Waals surface area contributed by atoms with Gasteiger partial charge in [0.05, 0.1) is 16.5 Å². The first-order valence-electron chi connectivity index (χ1n) is 12.7. The van der Waals surface area contributed by atoms with Crippen LogP contribution in [0.3, 0.4) is 0 Å². The predicted molar refractivity (Wildman–Crippen MR) is 154 cm³/mol. The average Bonchev–Trinajstić information content (AvgIpc) is 2.82. The van der Waals surface area contributed by atoms with Crippen molar-refractivity contribution in [2.75, 3.05) is 19.3 Å². The second kappa shape index (κ2) is 10.7. The highest BCUT2D eigenvalue weighted by Crippen LogP contribution is 2.39. The number of likely N-dealkylation sites (tertiary alicyclic amines) is 1. The molecule has 6 heteroatoms. The number of nitrogens with zero attached hydrogens (tertiary/aromatic N) is 1. The molecule has 37 heavy (non-hydrogen) atoms. The fourth-order valence-corrected chi connectivity index (χ4v) is 6.60. The van der Waals surface area contributed by atoms with Crippen LogP contribution in [0.15, 0.2) is 90.5 Å². The van der Waals surface area contributed by atoms with Gasteiger partial charge < -0.3 is 4.43 Å². The van der Waals surface area contributed by atoms with Gasteiger partial charge in [-0.15, -0.1) is 0 Å². The van der Waals surface area contributed by atoms with Crippen molar-refractivity contribution in [2.45, 2.75) is 51.3 Å². The van der Waals surface area contributed by atoms with E-state index in [0.717, 1.165) is 16.7 Å². The first-order chi connectivity index (χ1) is 17.4. The predicted octanol–water partition coefficient (Wildman–Crippen LogP) is 6.64. The zero-order valence-electron chi connectivity index (χ0n) is 22.7. The zero-order chi connectivity index (χ0) is 26.8. The molecule has 194 valence electrons. The Morgan fingerprint density at radius 1 is 0.838 bits per heavy atom. The van der Waals surface area contributed by atoms with Crippen LogP contribution in [0.25, 0.3) is 4.91 Å². The van der Waals surface area contributed by atoms with Gasteiger partial charge in [-0.25, -0.2) is 8.42 Å². The highest BCUT2D eigenvalue weighted by Gasteiger charge is 2.35. The molecule has 1 aliphatic rings. The first kappa shape index (κ1) is 27.5. The van der Waals surface area contributed by atoms with Gasteiger partial charge in [0.15, 0.2) is 9.84 Å². The summed E-state index contributed by atoms with van der Waals surface area (Å²) in [5.74, 6) is 0. The third kappa shape index (κ3) is 6.68. The lowest BCUT2D eigenvalue weighted by Crippen LogP contribution is -2.44. The van der Waals surface area contributed by atoms with Crippen molar-refractivity contribution in [3.63, 3.8) is 0 Å². The van der Waals surface area contributed by atoms with Gasteiger partial charge in [0.1, 0.15) is 0 Å². The van der Waals surface area contributed by atoms with Crippen LogP contribution < -0.4 is 0 Å². The number of benzene rings is 3. The molecule has 0 amide bonds. The Kier molecular flexibility index (Phi) is 7.95. The van der Waals surface area contributed by atoms with Gasteiger partial charge in [0.2, 0.25) is 9.76 Å². The molecule has 0 aliphatic carbocycles. The van der Waals surface area contributed by atoms with Gasteiger partial charge >= 0.3 is 0 Å². The number of sulfone groups is 1. The van der Waals surface area contributed by atoms with Crippen LogP contribution in [0, 0.1) is 0 Å². The van der Waals surface area contributed by atoms with E-state index in [1.54, 1.807) is 0 Å². The Morgan fingerprint density at radius 2 is 1.38 bits per heavy atom. The van der Waals surface area contributed by atoms with Crippen LogP contribution in [0.5, 0.6) is 0 Å². The van der Waals surface area contributed by atoms with E-state index in [9.17, 15) is 8.42 Å². The number of hydrogen-bond donors (Lipinski definition) is 0.